The highest BCUT2D eigenvalue weighted by atomic mass is 32.1. The highest BCUT2D eigenvalue weighted by molar-refractivity contribution is 7.07. The van der Waals surface area contributed by atoms with Crippen molar-refractivity contribution in [1.82, 2.24) is 4.57 Å². The van der Waals surface area contributed by atoms with Crippen LogP contribution in [0.3, 0.4) is 0 Å². The lowest BCUT2D eigenvalue weighted by Crippen LogP contribution is -2.40. The van der Waals surface area contributed by atoms with Crippen LogP contribution in [0.2, 0.25) is 0 Å². The molecule has 3 aromatic rings. The number of benzene rings is 2. The Balaban J connectivity index is 1.95. The molecule has 0 bridgehead atoms. The second kappa shape index (κ2) is 9.64. The van der Waals surface area contributed by atoms with Gasteiger partial charge in [-0.1, -0.05) is 35.6 Å². The average Bonchev–Trinajstić information content (AvgIpc) is 3.13. The highest BCUT2D eigenvalue weighted by Crippen LogP contribution is 2.32. The summed E-state index contributed by atoms with van der Waals surface area (Å²) in [7, 11) is 3.07. The number of aromatic nitrogens is 1. The van der Waals surface area contributed by atoms with Crippen LogP contribution < -0.4 is 24.4 Å². The largest absolute Gasteiger partial charge is 0.493 e. The molecule has 0 fully saturated rings. The van der Waals surface area contributed by atoms with Crippen molar-refractivity contribution in [3.63, 3.8) is 0 Å². The second-order valence-electron chi connectivity index (χ2n) is 7.44. The summed E-state index contributed by atoms with van der Waals surface area (Å²) in [6.45, 7) is 3.49. The number of hydrogen-bond donors (Lipinski definition) is 0. The predicted octanol–water partition coefficient (Wildman–Crippen LogP) is 2.95. The minimum absolute atomic E-state index is 0.136. The zero-order valence-electron chi connectivity index (χ0n) is 19.1. The Labute approximate surface area is 199 Å². The predicted molar refractivity (Wildman–Crippen MR) is 126 cm³/mol. The summed E-state index contributed by atoms with van der Waals surface area (Å²) in [5.74, 6) is -0.0753. The van der Waals surface area contributed by atoms with Crippen LogP contribution in [0, 0.1) is 5.82 Å². The molecule has 0 aliphatic carbocycles. The first-order valence-electron chi connectivity index (χ1n) is 10.6. The molecular formula is C25H23FN2O5S. The van der Waals surface area contributed by atoms with E-state index in [0.29, 0.717) is 32.1 Å². The second-order valence-corrected chi connectivity index (χ2v) is 8.45. The number of carbonyl (C=O) groups is 1. The van der Waals surface area contributed by atoms with Gasteiger partial charge >= 0.3 is 5.97 Å². The van der Waals surface area contributed by atoms with Gasteiger partial charge in [-0.25, -0.2) is 14.2 Å². The van der Waals surface area contributed by atoms with E-state index in [9.17, 15) is 14.0 Å². The molecule has 1 aliphatic rings. The molecule has 2 aromatic carbocycles. The topological polar surface area (TPSA) is 79.1 Å². The van der Waals surface area contributed by atoms with Gasteiger partial charge in [0.15, 0.2) is 16.3 Å². The van der Waals surface area contributed by atoms with Crippen molar-refractivity contribution in [3.8, 4) is 11.5 Å². The molecule has 4 rings (SSSR count). The Kier molecular flexibility index (Phi) is 6.65. The summed E-state index contributed by atoms with van der Waals surface area (Å²) in [6.07, 6.45) is 1.70. The normalized spacial score (nSPS) is 15.6. The van der Waals surface area contributed by atoms with Gasteiger partial charge in [0.2, 0.25) is 0 Å². The van der Waals surface area contributed by atoms with Crippen LogP contribution in [0.4, 0.5) is 4.39 Å². The van der Waals surface area contributed by atoms with E-state index < -0.39 is 17.8 Å². The Morgan fingerprint density at radius 3 is 2.59 bits per heavy atom. The number of rotatable bonds is 6. The quantitative estimate of drug-likeness (QED) is 0.505. The summed E-state index contributed by atoms with van der Waals surface area (Å²) in [5.41, 5.74) is 1.04. The molecular weight excluding hydrogens is 459 g/mol. The number of nitrogens with zero attached hydrogens (tertiary/aromatic N) is 2. The van der Waals surface area contributed by atoms with Crippen molar-refractivity contribution in [1.29, 1.82) is 0 Å². The number of hydrogen-bond acceptors (Lipinski definition) is 7. The maximum atomic E-state index is 14.9. The number of thiazole rings is 1. The Bertz CT molecular complexity index is 1470. The smallest absolute Gasteiger partial charge is 0.338 e. The first-order chi connectivity index (χ1) is 16.4. The van der Waals surface area contributed by atoms with Crippen molar-refractivity contribution in [3.05, 3.63) is 90.4 Å². The molecule has 2 heterocycles. The van der Waals surface area contributed by atoms with E-state index in [0.717, 1.165) is 11.3 Å². The molecule has 0 N–H and O–H groups in total. The molecule has 0 unspecified atom stereocenters. The van der Waals surface area contributed by atoms with Crippen molar-refractivity contribution >= 4 is 23.4 Å². The van der Waals surface area contributed by atoms with Crippen LogP contribution in [0.5, 0.6) is 11.5 Å². The van der Waals surface area contributed by atoms with E-state index in [4.69, 9.17) is 14.2 Å². The Hall–Kier alpha value is -3.72. The number of allylic oxidation sites excluding steroid dienone is 1. The number of halogens is 1. The van der Waals surface area contributed by atoms with Gasteiger partial charge in [0.1, 0.15) is 11.9 Å². The maximum absolute atomic E-state index is 14.9. The van der Waals surface area contributed by atoms with Crippen molar-refractivity contribution in [2.24, 2.45) is 4.99 Å². The van der Waals surface area contributed by atoms with Crippen LogP contribution in [-0.2, 0) is 9.53 Å². The van der Waals surface area contributed by atoms with E-state index in [1.54, 1.807) is 63.4 Å². The van der Waals surface area contributed by atoms with E-state index in [1.807, 2.05) is 0 Å². The van der Waals surface area contributed by atoms with Crippen molar-refractivity contribution in [2.45, 2.75) is 19.9 Å². The third kappa shape index (κ3) is 4.14. The summed E-state index contributed by atoms with van der Waals surface area (Å²) in [6, 6.07) is 10.4. The lowest BCUT2D eigenvalue weighted by atomic mass is 9.95. The monoisotopic (exact) mass is 482 g/mol. The summed E-state index contributed by atoms with van der Waals surface area (Å²) >= 11 is 1.16. The fourth-order valence-corrected chi connectivity index (χ4v) is 4.92. The molecule has 1 aromatic heterocycles. The zero-order chi connectivity index (χ0) is 24.4. The van der Waals surface area contributed by atoms with E-state index >= 15 is 0 Å². The third-order valence-corrected chi connectivity index (χ3v) is 6.41. The fourth-order valence-electron chi connectivity index (χ4n) is 3.88. The fraction of sp³-hybridized carbons (Fsp3) is 0.240. The van der Waals surface area contributed by atoms with Gasteiger partial charge in [-0.3, -0.25) is 9.36 Å². The van der Waals surface area contributed by atoms with E-state index in [2.05, 4.69) is 4.99 Å². The molecule has 34 heavy (non-hydrogen) atoms. The first kappa shape index (κ1) is 23.4. The summed E-state index contributed by atoms with van der Waals surface area (Å²) < 4.78 is 32.5. The van der Waals surface area contributed by atoms with E-state index in [1.165, 1.54) is 17.7 Å². The van der Waals surface area contributed by atoms with Gasteiger partial charge in [-0.05, 0) is 43.7 Å². The number of ether oxygens (including phenoxy) is 3. The first-order valence-corrected chi connectivity index (χ1v) is 11.4. The Morgan fingerprint density at radius 1 is 1.18 bits per heavy atom. The minimum Gasteiger partial charge on any atom is -0.493 e. The van der Waals surface area contributed by atoms with Gasteiger partial charge < -0.3 is 14.2 Å². The molecule has 0 saturated carbocycles. The highest BCUT2D eigenvalue weighted by Gasteiger charge is 2.34. The maximum Gasteiger partial charge on any atom is 0.338 e. The molecule has 1 aliphatic heterocycles. The van der Waals surface area contributed by atoms with Gasteiger partial charge in [0.05, 0.1) is 36.6 Å². The molecule has 0 amide bonds. The number of methoxy groups -OCH3 is 2. The van der Waals surface area contributed by atoms with Crippen LogP contribution in [0.25, 0.3) is 6.08 Å². The number of carbonyl (C=O) groups excluding carboxylic acids is 1. The van der Waals surface area contributed by atoms with Crippen LogP contribution in [-0.4, -0.2) is 31.4 Å². The van der Waals surface area contributed by atoms with E-state index in [-0.39, 0.29) is 23.3 Å². The van der Waals surface area contributed by atoms with Crippen LogP contribution in [0.1, 0.15) is 31.0 Å². The molecule has 1 atom stereocenters. The summed E-state index contributed by atoms with van der Waals surface area (Å²) in [5, 5.41) is 0. The standard InChI is InChI=1S/C25H23FN2O5S/c1-5-33-24(30)21-14(2)27-25-28(22(21)16-8-6-7-9-17(16)26)23(29)20(34-25)13-15-10-11-18(31-3)19(12-15)32-4/h6-13,22H,5H2,1-4H3/b20-13-/t22-/m0/s1. The Morgan fingerprint density at radius 2 is 1.91 bits per heavy atom. The number of fused-ring (bicyclic) bond motifs is 1. The van der Waals surface area contributed by atoms with Crippen LogP contribution in [0.15, 0.2) is 63.5 Å². The number of esters is 1. The molecule has 9 heteroatoms. The van der Waals surface area contributed by atoms with Crippen molar-refractivity contribution < 1.29 is 23.4 Å². The molecule has 0 spiro atoms. The van der Waals surface area contributed by atoms with Gasteiger partial charge in [-0.15, -0.1) is 0 Å². The zero-order valence-corrected chi connectivity index (χ0v) is 19.9. The molecule has 7 nitrogen and oxygen atoms in total. The van der Waals surface area contributed by atoms with Gasteiger partial charge in [-0.2, -0.15) is 0 Å². The molecule has 0 saturated heterocycles. The van der Waals surface area contributed by atoms with Gasteiger partial charge in [0.25, 0.3) is 5.56 Å². The minimum atomic E-state index is -0.996. The lowest BCUT2D eigenvalue weighted by Gasteiger charge is -2.24. The lowest BCUT2D eigenvalue weighted by molar-refractivity contribution is -0.139. The molecule has 0 radical (unpaired) electrons. The SMILES string of the molecule is CCOC(=O)C1=C(C)N=c2s/c(=C\c3ccc(OC)c(OC)c3)c(=O)n2[C@H]1c1ccccc1F. The van der Waals surface area contributed by atoms with Crippen molar-refractivity contribution in [2.75, 3.05) is 20.8 Å². The third-order valence-electron chi connectivity index (χ3n) is 5.42. The summed E-state index contributed by atoms with van der Waals surface area (Å²) in [4.78, 5) is 31.3. The molecule has 176 valence electrons. The van der Waals surface area contributed by atoms with Gasteiger partial charge in [0, 0.05) is 5.56 Å². The van der Waals surface area contributed by atoms with Crippen LogP contribution >= 0.6 is 11.3 Å². The average molecular weight is 483 g/mol.